The molecular weight excluding hydrogens is 211 g/mol. The van der Waals surface area contributed by atoms with Gasteiger partial charge >= 0.3 is 0 Å². The number of aromatic nitrogens is 1. The Hall–Kier alpha value is -1.49. The molecule has 16 heavy (non-hydrogen) atoms. The van der Waals surface area contributed by atoms with Crippen molar-refractivity contribution in [1.29, 1.82) is 0 Å². The lowest BCUT2D eigenvalue weighted by Gasteiger charge is -2.10. The fraction of sp³-hybridized carbons (Fsp3) is 0.455. The Morgan fingerprint density at radius 1 is 1.69 bits per heavy atom. The van der Waals surface area contributed by atoms with Crippen LogP contribution in [0.25, 0.3) is 0 Å². The number of nitrogens with one attached hydrogen (secondary N) is 1. The second-order valence-corrected chi connectivity index (χ2v) is 3.97. The van der Waals surface area contributed by atoms with E-state index in [-0.39, 0.29) is 12.1 Å². The van der Waals surface area contributed by atoms with E-state index in [4.69, 9.17) is 0 Å². The van der Waals surface area contributed by atoms with Gasteiger partial charge in [-0.25, -0.2) is 4.39 Å². The number of hydrogen-bond acceptors (Lipinski definition) is 3. The molecule has 2 rings (SSSR count). The topological polar surface area (TPSA) is 62.2 Å². The summed E-state index contributed by atoms with van der Waals surface area (Å²) in [6.45, 7) is 0.172. The maximum absolute atomic E-state index is 13.1. The van der Waals surface area contributed by atoms with Gasteiger partial charge < -0.3 is 10.4 Å². The van der Waals surface area contributed by atoms with Crippen LogP contribution in [0.1, 0.15) is 23.2 Å². The minimum absolute atomic E-state index is 0.0435. The highest BCUT2D eigenvalue weighted by molar-refractivity contribution is 5.94. The van der Waals surface area contributed by atoms with Crippen LogP contribution in [0.15, 0.2) is 18.5 Å². The van der Waals surface area contributed by atoms with Gasteiger partial charge in [0, 0.05) is 12.7 Å². The number of carbonyl (C=O) groups is 1. The molecule has 1 saturated carbocycles. The molecule has 1 unspecified atom stereocenters. The van der Waals surface area contributed by atoms with Gasteiger partial charge in [-0.15, -0.1) is 0 Å². The molecule has 2 N–H and O–H groups in total. The van der Waals surface area contributed by atoms with Crippen LogP contribution >= 0.6 is 0 Å². The normalized spacial score (nSPS) is 16.9. The van der Waals surface area contributed by atoms with Crippen molar-refractivity contribution < 1.29 is 14.3 Å². The molecular formula is C11H13FN2O2. The first-order valence-corrected chi connectivity index (χ1v) is 5.24. The average Bonchev–Trinajstić information content (AvgIpc) is 3.10. The molecule has 0 spiro atoms. The monoisotopic (exact) mass is 224 g/mol. The Bertz CT molecular complexity index is 393. The van der Waals surface area contributed by atoms with E-state index in [0.717, 1.165) is 19.0 Å². The van der Waals surface area contributed by atoms with Gasteiger partial charge in [-0.05, 0) is 24.8 Å². The van der Waals surface area contributed by atoms with Crippen molar-refractivity contribution in [2.45, 2.75) is 18.9 Å². The quantitative estimate of drug-likeness (QED) is 0.792. The van der Waals surface area contributed by atoms with Gasteiger partial charge in [0.05, 0.1) is 17.9 Å². The highest BCUT2D eigenvalue weighted by Crippen LogP contribution is 2.32. The minimum Gasteiger partial charge on any atom is -0.391 e. The zero-order chi connectivity index (χ0) is 11.5. The summed E-state index contributed by atoms with van der Waals surface area (Å²) in [6.07, 6.45) is 3.83. The van der Waals surface area contributed by atoms with E-state index < -0.39 is 17.8 Å². The van der Waals surface area contributed by atoms with Crippen molar-refractivity contribution in [1.82, 2.24) is 10.3 Å². The van der Waals surface area contributed by atoms with Gasteiger partial charge in [-0.1, -0.05) is 0 Å². The molecule has 0 saturated heterocycles. The molecule has 0 aliphatic heterocycles. The first-order valence-electron chi connectivity index (χ1n) is 5.24. The van der Waals surface area contributed by atoms with Gasteiger partial charge in [0.15, 0.2) is 5.82 Å². The first-order chi connectivity index (χ1) is 7.68. The van der Waals surface area contributed by atoms with Crippen molar-refractivity contribution in [3.8, 4) is 0 Å². The fourth-order valence-electron chi connectivity index (χ4n) is 1.50. The van der Waals surface area contributed by atoms with E-state index >= 15 is 0 Å². The smallest absolute Gasteiger partial charge is 0.254 e. The Morgan fingerprint density at radius 3 is 3.06 bits per heavy atom. The number of halogens is 1. The Balaban J connectivity index is 1.90. The highest BCUT2D eigenvalue weighted by Gasteiger charge is 2.29. The number of pyridine rings is 1. The Labute approximate surface area is 92.5 Å². The third kappa shape index (κ3) is 2.55. The molecule has 1 amide bonds. The summed E-state index contributed by atoms with van der Waals surface area (Å²) >= 11 is 0. The molecule has 1 atom stereocenters. The van der Waals surface area contributed by atoms with Gasteiger partial charge in [0.2, 0.25) is 0 Å². The minimum atomic E-state index is -0.652. The zero-order valence-electron chi connectivity index (χ0n) is 8.69. The highest BCUT2D eigenvalue weighted by atomic mass is 19.1. The number of aliphatic hydroxyl groups is 1. The molecule has 1 aliphatic rings. The summed E-state index contributed by atoms with van der Waals surface area (Å²) in [4.78, 5) is 15.1. The average molecular weight is 224 g/mol. The van der Waals surface area contributed by atoms with Crippen molar-refractivity contribution >= 4 is 5.91 Å². The fourth-order valence-corrected chi connectivity index (χ4v) is 1.50. The Morgan fingerprint density at radius 2 is 2.44 bits per heavy atom. The van der Waals surface area contributed by atoms with E-state index in [1.165, 1.54) is 12.3 Å². The van der Waals surface area contributed by atoms with E-state index in [1.807, 2.05) is 0 Å². The second kappa shape index (κ2) is 4.57. The van der Waals surface area contributed by atoms with Gasteiger partial charge in [-0.2, -0.15) is 0 Å². The summed E-state index contributed by atoms with van der Waals surface area (Å²) in [7, 11) is 0. The van der Waals surface area contributed by atoms with Crippen LogP contribution in [-0.4, -0.2) is 28.6 Å². The van der Waals surface area contributed by atoms with Crippen LogP contribution in [0.4, 0.5) is 4.39 Å². The van der Waals surface area contributed by atoms with Gasteiger partial charge in [0.25, 0.3) is 5.91 Å². The van der Waals surface area contributed by atoms with E-state index in [0.29, 0.717) is 5.92 Å². The molecule has 4 nitrogen and oxygen atoms in total. The standard InChI is InChI=1S/C11H13FN2O2/c12-9-5-13-4-3-8(9)11(16)14-6-10(15)7-1-2-7/h3-5,7,10,15H,1-2,6H2,(H,14,16). The lowest BCUT2D eigenvalue weighted by atomic mass is 10.2. The third-order valence-electron chi connectivity index (χ3n) is 2.65. The number of amides is 1. The number of hydrogen-bond donors (Lipinski definition) is 2. The van der Waals surface area contributed by atoms with Crippen LogP contribution in [0.5, 0.6) is 0 Å². The van der Waals surface area contributed by atoms with E-state index in [9.17, 15) is 14.3 Å². The van der Waals surface area contributed by atoms with Crippen LogP contribution in [0.3, 0.4) is 0 Å². The summed E-state index contributed by atoms with van der Waals surface area (Å²) in [5.41, 5.74) is -0.0435. The molecule has 1 aromatic rings. The van der Waals surface area contributed by atoms with E-state index in [1.54, 1.807) is 0 Å². The van der Waals surface area contributed by atoms with Gasteiger partial charge in [-0.3, -0.25) is 9.78 Å². The van der Waals surface area contributed by atoms with Gasteiger partial charge in [0.1, 0.15) is 0 Å². The summed E-state index contributed by atoms with van der Waals surface area (Å²) in [5, 5.41) is 12.0. The van der Waals surface area contributed by atoms with Crippen LogP contribution in [-0.2, 0) is 0 Å². The van der Waals surface area contributed by atoms with E-state index in [2.05, 4.69) is 10.3 Å². The lowest BCUT2D eigenvalue weighted by Crippen LogP contribution is -2.33. The third-order valence-corrected chi connectivity index (χ3v) is 2.65. The SMILES string of the molecule is O=C(NCC(O)C1CC1)c1ccncc1F. The maximum Gasteiger partial charge on any atom is 0.254 e. The maximum atomic E-state index is 13.1. The molecule has 0 aromatic carbocycles. The molecule has 1 aliphatic carbocycles. The number of nitrogens with zero attached hydrogens (tertiary/aromatic N) is 1. The number of carbonyl (C=O) groups excluding carboxylic acids is 1. The molecule has 5 heteroatoms. The molecule has 1 fully saturated rings. The molecule has 0 bridgehead atoms. The van der Waals surface area contributed by atoms with Crippen molar-refractivity contribution in [3.05, 3.63) is 29.8 Å². The second-order valence-electron chi connectivity index (χ2n) is 3.97. The van der Waals surface area contributed by atoms with Crippen LogP contribution < -0.4 is 5.32 Å². The van der Waals surface area contributed by atoms with Crippen molar-refractivity contribution in [3.63, 3.8) is 0 Å². The lowest BCUT2D eigenvalue weighted by molar-refractivity contribution is 0.0897. The van der Waals surface area contributed by atoms with Crippen molar-refractivity contribution in [2.24, 2.45) is 5.92 Å². The summed E-state index contributed by atoms with van der Waals surface area (Å²) < 4.78 is 13.1. The zero-order valence-corrected chi connectivity index (χ0v) is 8.69. The molecule has 1 heterocycles. The largest absolute Gasteiger partial charge is 0.391 e. The van der Waals surface area contributed by atoms with Crippen LogP contribution in [0.2, 0.25) is 0 Å². The predicted octanol–water partition coefficient (Wildman–Crippen LogP) is 0.721. The van der Waals surface area contributed by atoms with Crippen molar-refractivity contribution in [2.75, 3.05) is 6.54 Å². The van der Waals surface area contributed by atoms with Crippen LogP contribution in [0, 0.1) is 11.7 Å². The number of rotatable bonds is 4. The molecule has 0 radical (unpaired) electrons. The number of aliphatic hydroxyl groups excluding tert-OH is 1. The molecule has 1 aromatic heterocycles. The Kier molecular flexibility index (Phi) is 3.14. The molecule has 86 valence electrons. The summed E-state index contributed by atoms with van der Waals surface area (Å²) in [5.74, 6) is -0.872. The first kappa shape index (κ1) is 11.0. The predicted molar refractivity (Wildman–Crippen MR) is 55.3 cm³/mol. The summed E-state index contributed by atoms with van der Waals surface area (Å²) in [6, 6.07) is 1.31.